The Hall–Kier alpha value is -2.40. The molecule has 0 bridgehead atoms. The van der Waals surface area contributed by atoms with Gasteiger partial charge in [-0.15, -0.1) is 0 Å². The van der Waals surface area contributed by atoms with Crippen LogP contribution in [-0.4, -0.2) is 42.6 Å². The molecule has 0 saturated carbocycles. The minimum Gasteiger partial charge on any atom is -0.339 e. The summed E-state index contributed by atoms with van der Waals surface area (Å²) >= 11 is 0. The number of rotatable bonds is 3. The maximum atomic E-state index is 13.4. The van der Waals surface area contributed by atoms with Gasteiger partial charge in [-0.3, -0.25) is 4.79 Å². The molecule has 1 spiro atoms. The Labute approximate surface area is 178 Å². The van der Waals surface area contributed by atoms with Gasteiger partial charge in [-0.2, -0.15) is 0 Å². The fourth-order valence-corrected chi connectivity index (χ4v) is 5.87. The Morgan fingerprint density at radius 1 is 1.13 bits per heavy atom. The number of hydrogen-bond donors (Lipinski definition) is 1. The fourth-order valence-electron chi connectivity index (χ4n) is 5.87. The van der Waals surface area contributed by atoms with E-state index in [9.17, 15) is 9.18 Å². The van der Waals surface area contributed by atoms with E-state index >= 15 is 0 Å². The van der Waals surface area contributed by atoms with E-state index in [1.807, 2.05) is 0 Å². The van der Waals surface area contributed by atoms with E-state index < -0.39 is 5.54 Å². The number of carbonyl (C=O) groups excluding carboxylic acids is 1. The van der Waals surface area contributed by atoms with Gasteiger partial charge in [0.05, 0.1) is 6.67 Å². The number of nitrogens with zero attached hydrogens (tertiary/aromatic N) is 2. The molecule has 5 heteroatoms. The number of aryl methyl sites for hydroxylation is 2. The average molecular weight is 408 g/mol. The number of nitrogens with one attached hydrogen (secondary N) is 1. The zero-order valence-corrected chi connectivity index (χ0v) is 17.7. The molecular formula is C25H30FN3O. The Kier molecular flexibility index (Phi) is 5.02. The highest BCUT2D eigenvalue weighted by atomic mass is 19.1. The molecule has 2 fully saturated rings. The largest absolute Gasteiger partial charge is 0.339 e. The van der Waals surface area contributed by atoms with E-state index in [-0.39, 0.29) is 11.7 Å². The smallest absolute Gasteiger partial charge is 0.247 e. The Bertz CT molecular complexity index is 934. The first-order valence-electron chi connectivity index (χ1n) is 11.2. The molecule has 1 aliphatic carbocycles. The van der Waals surface area contributed by atoms with Crippen molar-refractivity contribution in [2.45, 2.75) is 50.5 Å². The van der Waals surface area contributed by atoms with Crippen molar-refractivity contribution in [3.05, 3.63) is 65.0 Å². The van der Waals surface area contributed by atoms with Gasteiger partial charge in [-0.05, 0) is 85.9 Å². The van der Waals surface area contributed by atoms with Crippen molar-refractivity contribution in [1.29, 1.82) is 0 Å². The fraction of sp³-hybridized carbons (Fsp3) is 0.480. The van der Waals surface area contributed by atoms with E-state index in [4.69, 9.17) is 0 Å². The molecular weight excluding hydrogens is 377 g/mol. The predicted octanol–water partition coefficient (Wildman–Crippen LogP) is 3.98. The molecule has 2 aromatic carbocycles. The van der Waals surface area contributed by atoms with Crippen LogP contribution in [0.4, 0.5) is 10.1 Å². The maximum absolute atomic E-state index is 13.4. The van der Waals surface area contributed by atoms with Crippen molar-refractivity contribution in [2.75, 3.05) is 31.2 Å². The van der Waals surface area contributed by atoms with Gasteiger partial charge in [0, 0.05) is 25.3 Å². The molecule has 5 rings (SSSR count). The van der Waals surface area contributed by atoms with Crippen LogP contribution < -0.4 is 10.2 Å². The Morgan fingerprint density at radius 2 is 1.90 bits per heavy atom. The van der Waals surface area contributed by atoms with E-state index in [1.165, 1.54) is 42.5 Å². The Balaban J connectivity index is 1.30. The first-order chi connectivity index (χ1) is 14.6. The van der Waals surface area contributed by atoms with Crippen molar-refractivity contribution >= 4 is 11.6 Å². The summed E-state index contributed by atoms with van der Waals surface area (Å²) in [7, 11) is 0. The van der Waals surface area contributed by atoms with Gasteiger partial charge in [-0.1, -0.05) is 18.2 Å². The molecule has 0 radical (unpaired) electrons. The van der Waals surface area contributed by atoms with Crippen LogP contribution in [0.15, 0.2) is 42.5 Å². The van der Waals surface area contributed by atoms with Crippen LogP contribution in [0.1, 0.15) is 48.3 Å². The number of amides is 1. The van der Waals surface area contributed by atoms with Crippen LogP contribution in [0.3, 0.4) is 0 Å². The molecule has 1 amide bonds. The lowest BCUT2D eigenvalue weighted by Crippen LogP contribution is -2.56. The summed E-state index contributed by atoms with van der Waals surface area (Å²) < 4.78 is 13.4. The third-order valence-corrected chi connectivity index (χ3v) is 7.46. The average Bonchev–Trinajstić information content (AvgIpc) is 3.06. The van der Waals surface area contributed by atoms with E-state index in [0.717, 1.165) is 38.2 Å². The monoisotopic (exact) mass is 407 g/mol. The normalized spacial score (nSPS) is 23.5. The van der Waals surface area contributed by atoms with Gasteiger partial charge in [0.15, 0.2) is 0 Å². The minimum atomic E-state index is -0.505. The van der Waals surface area contributed by atoms with Crippen molar-refractivity contribution in [1.82, 2.24) is 10.2 Å². The number of benzene rings is 2. The summed E-state index contributed by atoms with van der Waals surface area (Å²) in [4.78, 5) is 17.6. The zero-order chi connectivity index (χ0) is 20.7. The minimum absolute atomic E-state index is 0.116. The summed E-state index contributed by atoms with van der Waals surface area (Å²) in [6.07, 6.45) is 5.33. The van der Waals surface area contributed by atoms with Crippen LogP contribution >= 0.6 is 0 Å². The first-order valence-corrected chi connectivity index (χ1v) is 11.2. The third kappa shape index (κ3) is 3.29. The van der Waals surface area contributed by atoms with Crippen molar-refractivity contribution in [2.24, 2.45) is 0 Å². The van der Waals surface area contributed by atoms with Crippen molar-refractivity contribution in [3.8, 4) is 0 Å². The van der Waals surface area contributed by atoms with Gasteiger partial charge in [0.2, 0.25) is 5.91 Å². The molecule has 2 aliphatic heterocycles. The number of hydrogen-bond acceptors (Lipinski definition) is 3. The zero-order valence-electron chi connectivity index (χ0n) is 17.7. The molecule has 4 nitrogen and oxygen atoms in total. The molecule has 1 atom stereocenters. The van der Waals surface area contributed by atoms with Gasteiger partial charge in [-0.25, -0.2) is 4.39 Å². The standard InChI is InChI=1S/C25H30FN3O/c1-18-4-2-5-19-6-3-7-20(23(18)19)16-28-14-12-25(13-15-28)24(30)27-17-29(25)22-10-8-21(26)9-11-22/h2,4-5,8-11,20H,3,6-7,12-17H2,1H3,(H,27,30). The molecule has 2 saturated heterocycles. The molecule has 3 aliphatic rings. The van der Waals surface area contributed by atoms with Crippen LogP contribution in [-0.2, 0) is 11.2 Å². The van der Waals surface area contributed by atoms with Crippen LogP contribution in [0.2, 0.25) is 0 Å². The number of halogens is 1. The molecule has 30 heavy (non-hydrogen) atoms. The van der Waals surface area contributed by atoms with E-state index in [0.29, 0.717) is 12.6 Å². The third-order valence-electron chi connectivity index (χ3n) is 7.46. The molecule has 1 N–H and O–H groups in total. The SMILES string of the molecule is Cc1cccc2c1C(CN1CCC3(CC1)C(=O)NCN3c1ccc(F)cc1)CCC2. The van der Waals surface area contributed by atoms with Crippen LogP contribution in [0, 0.1) is 12.7 Å². The lowest BCUT2D eigenvalue weighted by Gasteiger charge is -2.44. The lowest BCUT2D eigenvalue weighted by atomic mass is 9.79. The first kappa shape index (κ1) is 19.6. The second-order valence-electron chi connectivity index (χ2n) is 9.14. The summed E-state index contributed by atoms with van der Waals surface area (Å²) in [5.41, 5.74) is 4.92. The summed E-state index contributed by atoms with van der Waals surface area (Å²) in [6.45, 7) is 5.66. The Morgan fingerprint density at radius 3 is 2.67 bits per heavy atom. The van der Waals surface area contributed by atoms with E-state index in [2.05, 4.69) is 40.2 Å². The summed E-state index contributed by atoms with van der Waals surface area (Å²) in [6, 6.07) is 13.2. The van der Waals surface area contributed by atoms with Crippen molar-refractivity contribution in [3.63, 3.8) is 0 Å². The highest BCUT2D eigenvalue weighted by molar-refractivity contribution is 5.93. The van der Waals surface area contributed by atoms with Gasteiger partial charge >= 0.3 is 0 Å². The molecule has 158 valence electrons. The molecule has 2 aromatic rings. The second kappa shape index (κ2) is 7.69. The summed E-state index contributed by atoms with van der Waals surface area (Å²) in [5.74, 6) is 0.462. The topological polar surface area (TPSA) is 35.6 Å². The number of likely N-dealkylation sites (tertiary alicyclic amines) is 1. The van der Waals surface area contributed by atoms with Crippen LogP contribution in [0.5, 0.6) is 0 Å². The summed E-state index contributed by atoms with van der Waals surface area (Å²) in [5, 5.41) is 3.03. The highest BCUT2D eigenvalue weighted by Gasteiger charge is 2.50. The number of anilines is 1. The van der Waals surface area contributed by atoms with Crippen LogP contribution in [0.25, 0.3) is 0 Å². The van der Waals surface area contributed by atoms with Gasteiger partial charge in [0.25, 0.3) is 0 Å². The quantitative estimate of drug-likeness (QED) is 0.836. The highest BCUT2D eigenvalue weighted by Crippen LogP contribution is 2.39. The van der Waals surface area contributed by atoms with Gasteiger partial charge < -0.3 is 15.1 Å². The second-order valence-corrected chi connectivity index (χ2v) is 9.14. The predicted molar refractivity (Wildman–Crippen MR) is 117 cm³/mol. The lowest BCUT2D eigenvalue weighted by molar-refractivity contribution is -0.125. The van der Waals surface area contributed by atoms with Crippen molar-refractivity contribution < 1.29 is 9.18 Å². The number of piperidine rings is 1. The molecule has 1 unspecified atom stereocenters. The van der Waals surface area contributed by atoms with E-state index in [1.54, 1.807) is 17.7 Å². The maximum Gasteiger partial charge on any atom is 0.247 e. The number of fused-ring (bicyclic) bond motifs is 1. The molecule has 2 heterocycles. The number of carbonyl (C=O) groups is 1. The van der Waals surface area contributed by atoms with Gasteiger partial charge in [0.1, 0.15) is 11.4 Å². The molecule has 0 aromatic heterocycles.